The maximum Gasteiger partial charge on any atom is 0.209 e. The van der Waals surface area contributed by atoms with E-state index in [1.54, 1.807) is 38.8 Å². The molecule has 2 aliphatic carbocycles. The van der Waals surface area contributed by atoms with Crippen LogP contribution in [0.5, 0.6) is 0 Å². The van der Waals surface area contributed by atoms with Crippen LogP contribution in [0.1, 0.15) is 64.2 Å². The van der Waals surface area contributed by atoms with E-state index in [4.69, 9.17) is 1.43 Å². The van der Waals surface area contributed by atoms with E-state index in [9.17, 15) is 0 Å². The van der Waals surface area contributed by atoms with Crippen LogP contribution < -0.4 is 10.4 Å². The van der Waals surface area contributed by atoms with Crippen LogP contribution in [0.25, 0.3) is 25.3 Å². The summed E-state index contributed by atoms with van der Waals surface area (Å²) in [6.45, 7) is 14.2. The van der Waals surface area contributed by atoms with Crippen LogP contribution in [-0.4, -0.2) is 20.9 Å². The van der Waals surface area contributed by atoms with Crippen molar-refractivity contribution in [2.45, 2.75) is 53.4 Å². The van der Waals surface area contributed by atoms with E-state index in [1.165, 1.54) is 36.8 Å². The summed E-state index contributed by atoms with van der Waals surface area (Å²) in [6.07, 6.45) is 9.62. The van der Waals surface area contributed by atoms with Crippen LogP contribution in [0.15, 0.2) is 72.8 Å². The van der Waals surface area contributed by atoms with Crippen LogP contribution in [0, 0.1) is 687 Å². The molecule has 1 nitrogen and oxygen atoms in total. The molecule has 2 aliphatic rings. The average Bonchev–Trinajstić information content (AvgIpc) is 0.849. The average molecular weight is 1840 g/mol. The van der Waals surface area contributed by atoms with E-state index >= 15 is 0 Å². The molecule has 3 aromatic rings. The van der Waals surface area contributed by atoms with Crippen molar-refractivity contribution in [1.82, 2.24) is 0 Å². The van der Waals surface area contributed by atoms with E-state index in [-0.39, 0.29) is 7.93 Å². The molecule has 2 radical (unpaired) electrons. The Kier molecular flexibility index (Phi) is 86.3. The molecular formula is C147H43BO. The highest BCUT2D eigenvalue weighted by Gasteiger charge is 2.06. The fourth-order valence-corrected chi connectivity index (χ4v) is 6.76. The van der Waals surface area contributed by atoms with Crippen LogP contribution >= 0.6 is 0 Å². The number of rotatable bonds is 1. The predicted octanol–water partition coefficient (Wildman–Crippen LogP) is 6.84. The molecule has 0 atom stereocenters. The fraction of sp³-hybridized carbons (Fsp3) is 0.0612. The van der Waals surface area contributed by atoms with Crippen molar-refractivity contribution in [3.05, 3.63) is 105 Å². The first kappa shape index (κ1) is 119. The summed E-state index contributed by atoms with van der Waals surface area (Å²) in [5, 5.41) is 5.58. The third kappa shape index (κ3) is 97.0. The lowest BCUT2D eigenvalue weighted by molar-refractivity contribution is 0.369. The van der Waals surface area contributed by atoms with Crippen molar-refractivity contribution in [3.63, 3.8) is 0 Å². The zero-order valence-electron chi connectivity index (χ0n) is 80.0. The van der Waals surface area contributed by atoms with Crippen LogP contribution in [0.4, 0.5) is 0 Å². The Hall–Kier alpha value is -28.4. The molecule has 149 heavy (non-hydrogen) atoms. The molecule has 0 saturated heterocycles. The minimum absolute atomic E-state index is 0. The molecular weight excluding hydrogens is 1790 g/mol. The maximum absolute atomic E-state index is 5.83. The van der Waals surface area contributed by atoms with Gasteiger partial charge in [-0.05, 0) is 276 Å². The normalized spacial score (nSPS) is 5.65. The summed E-state index contributed by atoms with van der Waals surface area (Å²) >= 11 is 0. The molecule has 0 spiro atoms. The standard InChI is InChI=1S/2C60H6.C10H12.C8H6.C8H8.CH3BO.H2/c2*1-3-5-7-9-11-13-15-17-19-21-23-25-27-29-31-33-35-37-39-41-43-45-47-49-51-53-55-57-59-60-58-56-54-52-50-48-46-44-42-40-38-36-34-32-30-28-26-24-22-20-18-16-14-12-10-8-6-4-2;1-2-6-10-8-4-3-7-9(10)5-1;1-2-4-8-6-5-7(8)3-1;1-7-5-3-4-6-8(7)2;2-1-3;/h2*1-2H3;1-2,5-6H,3-4,7-8H2;1-6H;3-6H,1-2H2;3H,1H2;1H/i;;;;;3D;1+1. The van der Waals surface area contributed by atoms with Crippen LogP contribution in [-0.2, 0) is 12.8 Å². The van der Waals surface area contributed by atoms with Gasteiger partial charge in [0.1, 0.15) is 7.85 Å². The van der Waals surface area contributed by atoms with Gasteiger partial charge in [-0.3, -0.25) is 0 Å². The summed E-state index contributed by atoms with van der Waals surface area (Å²) in [5.74, 6) is 291. The monoisotopic (exact) mass is 1840 g/mol. The number of hydrogen-bond acceptors (Lipinski definition) is 1. The van der Waals surface area contributed by atoms with Gasteiger partial charge in [-0.2, -0.15) is 0 Å². The Morgan fingerprint density at radius 3 is 0.356 bits per heavy atom. The smallest absolute Gasteiger partial charge is 0.209 e. The Balaban J connectivity index is 0. The Morgan fingerprint density at radius 2 is 0.275 bits per heavy atom. The molecule has 2 heteroatoms. The molecule has 0 amide bonds. The van der Waals surface area contributed by atoms with Crippen LogP contribution in [0.3, 0.4) is 0 Å². The van der Waals surface area contributed by atoms with E-state index in [1.807, 2.05) is 24.3 Å². The van der Waals surface area contributed by atoms with Crippen molar-refractivity contribution in [2.75, 3.05) is 6.51 Å². The highest BCUT2D eigenvalue weighted by Crippen LogP contribution is 2.22. The Bertz CT molecular complexity index is 9230. The molecule has 640 valence electrons. The number of benzene rings is 3. The van der Waals surface area contributed by atoms with Crippen LogP contribution in [0.2, 0.25) is 0 Å². The quantitative estimate of drug-likeness (QED) is 0.164. The third-order valence-electron chi connectivity index (χ3n) is 12.2. The number of aliphatic hydroxyl groups excluding tert-OH is 1. The van der Waals surface area contributed by atoms with Gasteiger partial charge in [0.2, 0.25) is 1.43 Å². The first-order valence-electron chi connectivity index (χ1n) is 40.9. The second kappa shape index (κ2) is 108. The number of aliphatic hydroxyl groups is 1. The molecule has 0 heterocycles. The predicted molar refractivity (Wildman–Crippen MR) is 604 cm³/mol. The molecule has 1 N–H and O–H groups in total. The van der Waals surface area contributed by atoms with E-state index in [0.29, 0.717) is 0 Å². The van der Waals surface area contributed by atoms with Gasteiger partial charge in [-0.15, -0.1) is 0 Å². The molecule has 0 fully saturated rings. The second-order valence-corrected chi connectivity index (χ2v) is 21.9. The molecule has 0 saturated carbocycles. The highest BCUT2D eigenvalue weighted by atomic mass is 16.2. The van der Waals surface area contributed by atoms with Gasteiger partial charge in [-0.25, -0.2) is 0 Å². The van der Waals surface area contributed by atoms with Crippen molar-refractivity contribution in [3.8, 4) is 687 Å². The van der Waals surface area contributed by atoms with Crippen molar-refractivity contribution < 1.29 is 6.54 Å². The van der Waals surface area contributed by atoms with Gasteiger partial charge < -0.3 is 5.11 Å². The topological polar surface area (TPSA) is 20.2 Å². The van der Waals surface area contributed by atoms with Crippen molar-refractivity contribution in [2.24, 2.45) is 0 Å². The lowest BCUT2D eigenvalue weighted by atomic mass is 9.92. The SMILES string of the molecule is C1=Cc2ccccc21.C=c1ccccc1=C.CC#CC#CC#CC#CC#CC#CC#CC#CC#CC#CC#CC#CC#CC#CC#CC#CC#CC#CC#CC#CC#CC#CC#CC#CC#CC#CC#CC#CC#CC.CC#CC#CC#CC#CC#CC#CC#CC#CC#CC#CC#CC#CC#CC#CC#CC#CC#CC#CC#CC#CC#CC#CC#CC#CC#CC#CC#CC#CC#CC.[2HH].[2H]OC[B].c1ccc2c(c1)CCCC2. The number of fused-ring (bicyclic) bond motifs is 2. The number of hydrogen-bond donors (Lipinski definition) is 1. The summed E-state index contributed by atoms with van der Waals surface area (Å²) in [6, 6.07) is 25.0. The lowest BCUT2D eigenvalue weighted by Crippen LogP contribution is -2.19. The van der Waals surface area contributed by atoms with E-state index < -0.39 is 0 Å². The van der Waals surface area contributed by atoms with Gasteiger partial charge in [0.15, 0.2) is 0 Å². The van der Waals surface area contributed by atoms with E-state index in [2.05, 4.69) is 774 Å². The summed E-state index contributed by atoms with van der Waals surface area (Å²) in [4.78, 5) is 0. The summed E-state index contributed by atoms with van der Waals surface area (Å²) in [7, 11) is 4.62. The second-order valence-electron chi connectivity index (χ2n) is 21.9. The molecule has 0 aromatic heterocycles. The largest absolute Gasteiger partial charge is 0.406 e. The zero-order valence-corrected chi connectivity index (χ0v) is 79.0. The molecule has 5 rings (SSSR count). The Labute approximate surface area is 886 Å². The van der Waals surface area contributed by atoms with Gasteiger partial charge in [0, 0.05) is 482 Å². The van der Waals surface area contributed by atoms with Crippen molar-refractivity contribution >= 4 is 33.2 Å². The minimum atomic E-state index is -0.0139. The summed E-state index contributed by atoms with van der Waals surface area (Å²) in [5.41, 5.74) is 5.89. The minimum Gasteiger partial charge on any atom is -0.406 e. The first-order chi connectivity index (χ1) is 74.5. The lowest BCUT2D eigenvalue weighted by Gasteiger charge is -2.13. The third-order valence-corrected chi connectivity index (χ3v) is 12.2. The number of aryl methyl sites for hydroxylation is 2. The molecule has 3 aromatic carbocycles. The van der Waals surface area contributed by atoms with Gasteiger partial charge in [0.25, 0.3) is 0 Å². The molecule has 0 unspecified atom stereocenters. The Morgan fingerprint density at radius 1 is 0.181 bits per heavy atom. The van der Waals surface area contributed by atoms with Gasteiger partial charge in [0.05, 0.1) is 0 Å². The van der Waals surface area contributed by atoms with Gasteiger partial charge in [-0.1, -0.05) is 122 Å². The summed E-state index contributed by atoms with van der Waals surface area (Å²) < 4.78 is 5.83. The zero-order chi connectivity index (χ0) is 108. The van der Waals surface area contributed by atoms with Gasteiger partial charge >= 0.3 is 0 Å². The highest BCUT2D eigenvalue weighted by molar-refractivity contribution is 6.07. The van der Waals surface area contributed by atoms with Crippen molar-refractivity contribution in [1.29, 1.82) is 1.43 Å². The molecule has 0 bridgehead atoms. The molecule has 0 aliphatic heterocycles. The first-order valence-corrected chi connectivity index (χ1v) is 40.5. The fourth-order valence-electron chi connectivity index (χ4n) is 6.76. The maximum atomic E-state index is 5.83. The van der Waals surface area contributed by atoms with E-state index in [0.717, 1.165) is 10.4 Å².